The summed E-state index contributed by atoms with van der Waals surface area (Å²) in [6.45, 7) is 3.85. The second-order valence-corrected chi connectivity index (χ2v) is 4.84. The lowest BCUT2D eigenvalue weighted by atomic mass is 10.4. The second-order valence-electron chi connectivity index (χ2n) is 3.81. The number of aromatic nitrogens is 5. The lowest BCUT2D eigenvalue weighted by Crippen LogP contribution is -2.23. The topological polar surface area (TPSA) is 59.2 Å². The van der Waals surface area contributed by atoms with Crippen molar-refractivity contribution in [2.24, 2.45) is 0 Å². The van der Waals surface area contributed by atoms with Gasteiger partial charge in [-0.2, -0.15) is 0 Å². The van der Waals surface area contributed by atoms with Gasteiger partial charge in [-0.1, -0.05) is 6.07 Å². The van der Waals surface area contributed by atoms with E-state index in [0.29, 0.717) is 5.65 Å². The lowest BCUT2D eigenvalue weighted by molar-refractivity contribution is 0.710. The summed E-state index contributed by atoms with van der Waals surface area (Å²) >= 11 is 1.75. The number of tetrazole rings is 1. The zero-order chi connectivity index (χ0) is 12.4. The predicted molar refractivity (Wildman–Crippen MR) is 69.6 cm³/mol. The standard InChI is InChI=1S/C11H12N6S/c1-2-16(8-9-4-3-7-18-9)11-6-5-10-12-14-15-17(10)13-11/h3-7H,2,8H2,1H3. The van der Waals surface area contributed by atoms with Crippen molar-refractivity contribution in [1.29, 1.82) is 0 Å². The van der Waals surface area contributed by atoms with Crippen molar-refractivity contribution in [3.8, 4) is 0 Å². The molecule has 0 fully saturated rings. The molecule has 92 valence electrons. The molecule has 6 nitrogen and oxygen atoms in total. The first-order valence-corrected chi connectivity index (χ1v) is 6.57. The van der Waals surface area contributed by atoms with Gasteiger partial charge in [-0.15, -0.1) is 26.2 Å². The molecule has 3 heterocycles. The van der Waals surface area contributed by atoms with E-state index in [0.717, 1.165) is 18.9 Å². The largest absolute Gasteiger partial charge is 0.350 e. The molecule has 0 saturated heterocycles. The summed E-state index contributed by atoms with van der Waals surface area (Å²) in [4.78, 5) is 3.50. The molecule has 0 bridgehead atoms. The van der Waals surface area contributed by atoms with Gasteiger partial charge < -0.3 is 4.90 Å². The van der Waals surface area contributed by atoms with Gasteiger partial charge in [0.1, 0.15) is 0 Å². The highest BCUT2D eigenvalue weighted by Crippen LogP contribution is 2.17. The van der Waals surface area contributed by atoms with Crippen LogP contribution in [-0.4, -0.2) is 31.8 Å². The summed E-state index contributed by atoms with van der Waals surface area (Å²) in [5.74, 6) is 0.880. The quantitative estimate of drug-likeness (QED) is 0.713. The molecule has 0 amide bonds. The molecule has 0 radical (unpaired) electrons. The molecule has 3 rings (SSSR count). The Morgan fingerprint density at radius 1 is 1.33 bits per heavy atom. The third-order valence-corrected chi connectivity index (χ3v) is 3.55. The van der Waals surface area contributed by atoms with E-state index >= 15 is 0 Å². The molecule has 18 heavy (non-hydrogen) atoms. The number of anilines is 1. The highest BCUT2D eigenvalue weighted by molar-refractivity contribution is 7.09. The normalized spacial score (nSPS) is 10.9. The van der Waals surface area contributed by atoms with E-state index in [1.165, 1.54) is 9.51 Å². The molecule has 0 spiro atoms. The summed E-state index contributed by atoms with van der Waals surface area (Å²) in [7, 11) is 0. The van der Waals surface area contributed by atoms with Gasteiger partial charge in [-0.05, 0) is 40.9 Å². The van der Waals surface area contributed by atoms with Crippen LogP contribution in [0.3, 0.4) is 0 Å². The van der Waals surface area contributed by atoms with E-state index in [1.807, 2.05) is 12.1 Å². The zero-order valence-electron chi connectivity index (χ0n) is 9.89. The number of fused-ring (bicyclic) bond motifs is 1. The van der Waals surface area contributed by atoms with Gasteiger partial charge in [-0.25, -0.2) is 0 Å². The van der Waals surface area contributed by atoms with Crippen LogP contribution >= 0.6 is 11.3 Å². The molecule has 7 heteroatoms. The molecule has 0 N–H and O–H groups in total. The van der Waals surface area contributed by atoms with Crippen LogP contribution in [-0.2, 0) is 6.54 Å². The van der Waals surface area contributed by atoms with E-state index in [-0.39, 0.29) is 0 Å². The molecule has 0 aromatic carbocycles. The molecule has 0 saturated carbocycles. The first-order valence-electron chi connectivity index (χ1n) is 5.69. The van der Waals surface area contributed by atoms with Crippen LogP contribution in [0, 0.1) is 0 Å². The highest BCUT2D eigenvalue weighted by atomic mass is 32.1. The Balaban J connectivity index is 1.90. The summed E-state index contributed by atoms with van der Waals surface area (Å²) in [6.07, 6.45) is 0. The maximum atomic E-state index is 4.40. The van der Waals surface area contributed by atoms with E-state index in [2.05, 4.69) is 50.0 Å². The van der Waals surface area contributed by atoms with Gasteiger partial charge in [0.15, 0.2) is 11.5 Å². The Kier molecular flexibility index (Phi) is 2.89. The monoisotopic (exact) mass is 260 g/mol. The summed E-state index contributed by atoms with van der Waals surface area (Å²) < 4.78 is 1.45. The van der Waals surface area contributed by atoms with Crippen molar-refractivity contribution >= 4 is 22.8 Å². The van der Waals surface area contributed by atoms with Crippen LogP contribution < -0.4 is 4.90 Å². The minimum atomic E-state index is 0.658. The minimum Gasteiger partial charge on any atom is -0.350 e. The second kappa shape index (κ2) is 4.69. The summed E-state index contributed by atoms with van der Waals surface area (Å²) in [5.41, 5.74) is 0.658. The van der Waals surface area contributed by atoms with E-state index in [1.54, 1.807) is 11.3 Å². The number of hydrogen-bond donors (Lipinski definition) is 0. The molecular weight excluding hydrogens is 248 g/mol. The van der Waals surface area contributed by atoms with Gasteiger partial charge in [0.2, 0.25) is 0 Å². The smallest absolute Gasteiger partial charge is 0.200 e. The van der Waals surface area contributed by atoms with E-state index < -0.39 is 0 Å². The molecule has 3 aromatic rings. The fourth-order valence-electron chi connectivity index (χ4n) is 1.75. The van der Waals surface area contributed by atoms with Crippen LogP contribution in [0.25, 0.3) is 5.65 Å². The third kappa shape index (κ3) is 2.04. The molecule has 0 aliphatic rings. The van der Waals surface area contributed by atoms with Crippen molar-refractivity contribution < 1.29 is 0 Å². The lowest BCUT2D eigenvalue weighted by Gasteiger charge is -2.20. The number of nitrogens with zero attached hydrogens (tertiary/aromatic N) is 6. The Morgan fingerprint density at radius 3 is 3.06 bits per heavy atom. The Morgan fingerprint density at radius 2 is 2.28 bits per heavy atom. The minimum absolute atomic E-state index is 0.658. The van der Waals surface area contributed by atoms with Gasteiger partial charge in [0, 0.05) is 11.4 Å². The van der Waals surface area contributed by atoms with Gasteiger partial charge >= 0.3 is 0 Å². The molecule has 0 unspecified atom stereocenters. The van der Waals surface area contributed by atoms with Gasteiger partial charge in [0.25, 0.3) is 0 Å². The first-order chi connectivity index (χ1) is 8.86. The predicted octanol–water partition coefficient (Wildman–Crippen LogP) is 1.61. The van der Waals surface area contributed by atoms with Crippen molar-refractivity contribution in [1.82, 2.24) is 25.3 Å². The molecule has 3 aromatic heterocycles. The van der Waals surface area contributed by atoms with Crippen LogP contribution in [0.5, 0.6) is 0 Å². The Labute approximate surface area is 108 Å². The van der Waals surface area contributed by atoms with Gasteiger partial charge in [-0.3, -0.25) is 0 Å². The average molecular weight is 260 g/mol. The summed E-state index contributed by atoms with van der Waals surface area (Å²) in [6, 6.07) is 8.01. The average Bonchev–Trinajstić information content (AvgIpc) is 3.06. The molecule has 0 atom stereocenters. The van der Waals surface area contributed by atoms with Crippen molar-refractivity contribution in [3.05, 3.63) is 34.5 Å². The van der Waals surface area contributed by atoms with E-state index in [4.69, 9.17) is 0 Å². The number of hydrogen-bond acceptors (Lipinski definition) is 6. The van der Waals surface area contributed by atoms with Crippen molar-refractivity contribution in [2.45, 2.75) is 13.5 Å². The van der Waals surface area contributed by atoms with Gasteiger partial charge in [0.05, 0.1) is 6.54 Å². The fourth-order valence-corrected chi connectivity index (χ4v) is 2.47. The molecular formula is C11H12N6S. The van der Waals surface area contributed by atoms with Crippen LogP contribution in [0.2, 0.25) is 0 Å². The Bertz CT molecular complexity index is 632. The molecule has 0 aliphatic heterocycles. The number of rotatable bonds is 4. The van der Waals surface area contributed by atoms with Crippen molar-refractivity contribution in [3.63, 3.8) is 0 Å². The highest BCUT2D eigenvalue weighted by Gasteiger charge is 2.09. The van der Waals surface area contributed by atoms with Crippen molar-refractivity contribution in [2.75, 3.05) is 11.4 Å². The van der Waals surface area contributed by atoms with Crippen LogP contribution in [0.1, 0.15) is 11.8 Å². The maximum absolute atomic E-state index is 4.40. The number of thiophene rings is 1. The van der Waals surface area contributed by atoms with E-state index in [9.17, 15) is 0 Å². The first kappa shape index (κ1) is 11.1. The maximum Gasteiger partial charge on any atom is 0.200 e. The zero-order valence-corrected chi connectivity index (χ0v) is 10.7. The van der Waals surface area contributed by atoms with Crippen LogP contribution in [0.15, 0.2) is 29.6 Å². The van der Waals surface area contributed by atoms with Crippen LogP contribution in [0.4, 0.5) is 5.82 Å². The summed E-state index contributed by atoms with van der Waals surface area (Å²) in [5, 5.41) is 17.7. The third-order valence-electron chi connectivity index (χ3n) is 2.69. The molecule has 0 aliphatic carbocycles. The fraction of sp³-hybridized carbons (Fsp3) is 0.273. The Hall–Kier alpha value is -2.02. The SMILES string of the molecule is CCN(Cc1cccs1)c1ccc2nnnn2n1.